The van der Waals surface area contributed by atoms with Gasteiger partial charge < -0.3 is 9.64 Å². The molecule has 3 heteroatoms. The number of benzene rings is 1. The van der Waals surface area contributed by atoms with Gasteiger partial charge in [-0.3, -0.25) is 0 Å². The summed E-state index contributed by atoms with van der Waals surface area (Å²) in [5.41, 5.74) is 2.68. The Bertz CT molecular complexity index is 426. The average Bonchev–Trinajstić information content (AvgIpc) is 2.39. The molecule has 0 unspecified atom stereocenters. The number of rotatable bonds is 3. The molecule has 0 aromatic heterocycles. The molecule has 1 aromatic carbocycles. The van der Waals surface area contributed by atoms with Crippen LogP contribution < -0.4 is 4.90 Å². The Labute approximate surface area is 102 Å². The molecule has 90 valence electrons. The maximum atomic E-state index is 11.0. The minimum Gasteiger partial charge on any atom is -0.466 e. The molecule has 0 bridgehead atoms. The summed E-state index contributed by atoms with van der Waals surface area (Å²) in [6.07, 6.45) is 5.65. The molecular formula is C14H17NO2. The zero-order valence-electron chi connectivity index (χ0n) is 10.1. The zero-order chi connectivity index (χ0) is 12.1. The molecule has 0 radical (unpaired) electrons. The van der Waals surface area contributed by atoms with Crippen LogP contribution in [0.4, 0.5) is 5.69 Å². The number of carbonyl (C=O) groups is 1. The molecule has 0 N–H and O–H groups in total. The molecule has 1 heterocycles. The van der Waals surface area contributed by atoms with Crippen molar-refractivity contribution in [2.24, 2.45) is 0 Å². The standard InChI is InChI=1S/C14H17NO2/c1-17-14(16)9-5-11-15-10-4-7-12-6-2-3-8-13(12)15/h2-3,5-6,8-9H,4,7,10-11H2,1H3/b9-5+. The van der Waals surface area contributed by atoms with E-state index < -0.39 is 0 Å². The highest BCUT2D eigenvalue weighted by molar-refractivity contribution is 5.81. The van der Waals surface area contributed by atoms with Gasteiger partial charge in [-0.05, 0) is 24.5 Å². The first-order valence-electron chi connectivity index (χ1n) is 5.88. The topological polar surface area (TPSA) is 29.5 Å². The van der Waals surface area contributed by atoms with E-state index in [1.165, 1.54) is 30.9 Å². The van der Waals surface area contributed by atoms with Crippen molar-refractivity contribution in [3.8, 4) is 0 Å². The van der Waals surface area contributed by atoms with E-state index in [0.717, 1.165) is 19.5 Å². The third-order valence-electron chi connectivity index (χ3n) is 2.99. The van der Waals surface area contributed by atoms with E-state index in [9.17, 15) is 4.79 Å². The largest absolute Gasteiger partial charge is 0.466 e. The second kappa shape index (κ2) is 5.53. The summed E-state index contributed by atoms with van der Waals surface area (Å²) < 4.78 is 4.56. The number of ether oxygens (including phenoxy) is 1. The molecule has 0 aliphatic carbocycles. The normalized spacial score (nSPS) is 14.8. The number of methoxy groups -OCH3 is 1. The highest BCUT2D eigenvalue weighted by Gasteiger charge is 2.14. The highest BCUT2D eigenvalue weighted by Crippen LogP contribution is 2.26. The van der Waals surface area contributed by atoms with Crippen molar-refractivity contribution in [1.82, 2.24) is 0 Å². The van der Waals surface area contributed by atoms with E-state index >= 15 is 0 Å². The molecule has 1 aliphatic rings. The summed E-state index contributed by atoms with van der Waals surface area (Å²) in [5.74, 6) is -0.296. The SMILES string of the molecule is COC(=O)/C=C/CN1CCCc2ccccc21. The fourth-order valence-electron chi connectivity index (χ4n) is 2.15. The van der Waals surface area contributed by atoms with Crippen LogP contribution in [0.1, 0.15) is 12.0 Å². The maximum absolute atomic E-state index is 11.0. The number of para-hydroxylation sites is 1. The second-order valence-electron chi connectivity index (χ2n) is 4.10. The van der Waals surface area contributed by atoms with Crippen LogP contribution in [-0.2, 0) is 16.0 Å². The van der Waals surface area contributed by atoms with Crippen molar-refractivity contribution in [3.05, 3.63) is 42.0 Å². The summed E-state index contributed by atoms with van der Waals surface area (Å²) in [7, 11) is 1.39. The highest BCUT2D eigenvalue weighted by atomic mass is 16.5. The van der Waals surface area contributed by atoms with Crippen molar-refractivity contribution < 1.29 is 9.53 Å². The Morgan fingerprint density at radius 3 is 3.12 bits per heavy atom. The van der Waals surface area contributed by atoms with Gasteiger partial charge in [-0.15, -0.1) is 0 Å². The molecule has 0 spiro atoms. The summed E-state index contributed by atoms with van der Waals surface area (Å²) in [5, 5.41) is 0. The average molecular weight is 231 g/mol. The number of fused-ring (bicyclic) bond motifs is 1. The summed E-state index contributed by atoms with van der Waals surface area (Å²) in [6.45, 7) is 1.80. The lowest BCUT2D eigenvalue weighted by Crippen LogP contribution is -2.29. The lowest BCUT2D eigenvalue weighted by Gasteiger charge is -2.30. The van der Waals surface area contributed by atoms with Crippen molar-refractivity contribution in [1.29, 1.82) is 0 Å². The van der Waals surface area contributed by atoms with E-state index in [0.29, 0.717) is 0 Å². The predicted molar refractivity (Wildman–Crippen MR) is 68.1 cm³/mol. The van der Waals surface area contributed by atoms with Gasteiger partial charge in [-0.1, -0.05) is 24.3 Å². The molecule has 0 fully saturated rings. The van der Waals surface area contributed by atoms with Crippen LogP contribution in [0, 0.1) is 0 Å². The Kier molecular flexibility index (Phi) is 3.81. The number of anilines is 1. The van der Waals surface area contributed by atoms with E-state index in [2.05, 4.69) is 33.9 Å². The predicted octanol–water partition coefficient (Wildman–Crippen LogP) is 2.17. The van der Waals surface area contributed by atoms with E-state index in [-0.39, 0.29) is 5.97 Å². The van der Waals surface area contributed by atoms with Gasteiger partial charge in [0.15, 0.2) is 0 Å². The van der Waals surface area contributed by atoms with Crippen molar-refractivity contribution in [2.45, 2.75) is 12.8 Å². The van der Waals surface area contributed by atoms with Gasteiger partial charge in [0, 0.05) is 24.9 Å². The third kappa shape index (κ3) is 2.87. The van der Waals surface area contributed by atoms with E-state index in [4.69, 9.17) is 0 Å². The van der Waals surface area contributed by atoms with Gasteiger partial charge in [0.1, 0.15) is 0 Å². The van der Waals surface area contributed by atoms with Crippen LogP contribution in [0.3, 0.4) is 0 Å². The number of aryl methyl sites for hydroxylation is 1. The number of hydrogen-bond acceptors (Lipinski definition) is 3. The molecular weight excluding hydrogens is 214 g/mol. The first-order chi connectivity index (χ1) is 8.31. The summed E-state index contributed by atoms with van der Waals surface area (Å²) >= 11 is 0. The van der Waals surface area contributed by atoms with Gasteiger partial charge in [0.25, 0.3) is 0 Å². The quantitative estimate of drug-likeness (QED) is 0.590. The molecule has 0 amide bonds. The van der Waals surface area contributed by atoms with Crippen LogP contribution in [0.2, 0.25) is 0 Å². The molecule has 1 aliphatic heterocycles. The van der Waals surface area contributed by atoms with Gasteiger partial charge in [0.05, 0.1) is 7.11 Å². The molecule has 0 atom stereocenters. The monoisotopic (exact) mass is 231 g/mol. The first-order valence-corrected chi connectivity index (χ1v) is 5.88. The van der Waals surface area contributed by atoms with Crippen molar-refractivity contribution in [3.63, 3.8) is 0 Å². The van der Waals surface area contributed by atoms with Crippen molar-refractivity contribution in [2.75, 3.05) is 25.1 Å². The molecule has 0 saturated carbocycles. The van der Waals surface area contributed by atoms with Gasteiger partial charge in [-0.2, -0.15) is 0 Å². The number of esters is 1. The third-order valence-corrected chi connectivity index (χ3v) is 2.99. The Balaban J connectivity index is 2.04. The smallest absolute Gasteiger partial charge is 0.330 e. The number of nitrogens with zero attached hydrogens (tertiary/aromatic N) is 1. The summed E-state index contributed by atoms with van der Waals surface area (Å²) in [4.78, 5) is 13.3. The minimum absolute atomic E-state index is 0.296. The Morgan fingerprint density at radius 2 is 2.29 bits per heavy atom. The van der Waals surface area contributed by atoms with Crippen LogP contribution in [0.15, 0.2) is 36.4 Å². The van der Waals surface area contributed by atoms with Crippen LogP contribution >= 0.6 is 0 Å². The number of hydrogen-bond donors (Lipinski definition) is 0. The van der Waals surface area contributed by atoms with E-state index in [1.54, 1.807) is 0 Å². The Morgan fingerprint density at radius 1 is 1.47 bits per heavy atom. The lowest BCUT2D eigenvalue weighted by atomic mass is 10.0. The van der Waals surface area contributed by atoms with Gasteiger partial charge >= 0.3 is 5.97 Å². The zero-order valence-corrected chi connectivity index (χ0v) is 10.1. The summed E-state index contributed by atoms with van der Waals surface area (Å²) in [6, 6.07) is 8.44. The second-order valence-corrected chi connectivity index (χ2v) is 4.10. The fourth-order valence-corrected chi connectivity index (χ4v) is 2.15. The molecule has 3 nitrogen and oxygen atoms in total. The maximum Gasteiger partial charge on any atom is 0.330 e. The first kappa shape index (κ1) is 11.7. The molecule has 17 heavy (non-hydrogen) atoms. The Hall–Kier alpha value is -1.77. The molecule has 1 aromatic rings. The van der Waals surface area contributed by atoms with E-state index in [1.807, 2.05) is 6.08 Å². The lowest BCUT2D eigenvalue weighted by molar-refractivity contribution is -0.134. The van der Waals surface area contributed by atoms with Crippen LogP contribution in [0.25, 0.3) is 0 Å². The fraction of sp³-hybridized carbons (Fsp3) is 0.357. The number of carbonyl (C=O) groups excluding carboxylic acids is 1. The molecule has 2 rings (SSSR count). The van der Waals surface area contributed by atoms with Crippen LogP contribution in [0.5, 0.6) is 0 Å². The van der Waals surface area contributed by atoms with Gasteiger partial charge in [0.2, 0.25) is 0 Å². The van der Waals surface area contributed by atoms with Crippen LogP contribution in [-0.4, -0.2) is 26.2 Å². The molecule has 0 saturated heterocycles. The van der Waals surface area contributed by atoms with Gasteiger partial charge in [-0.25, -0.2) is 4.79 Å². The minimum atomic E-state index is -0.296. The van der Waals surface area contributed by atoms with Crippen molar-refractivity contribution >= 4 is 11.7 Å².